The molecule has 0 bridgehead atoms. The topological polar surface area (TPSA) is 61.0 Å². The summed E-state index contributed by atoms with van der Waals surface area (Å²) in [6, 6.07) is 10.4. The van der Waals surface area contributed by atoms with Crippen LogP contribution >= 0.6 is 15.9 Å². The van der Waals surface area contributed by atoms with Crippen LogP contribution in [0, 0.1) is 0 Å². The van der Waals surface area contributed by atoms with Crippen LogP contribution in [0.2, 0.25) is 0 Å². The van der Waals surface area contributed by atoms with Gasteiger partial charge in [0.15, 0.2) is 0 Å². The van der Waals surface area contributed by atoms with Gasteiger partial charge in [0, 0.05) is 13.1 Å². The highest BCUT2D eigenvalue weighted by molar-refractivity contribution is 9.10. The number of benzene rings is 1. The predicted molar refractivity (Wildman–Crippen MR) is 88.4 cm³/mol. The minimum Gasteiger partial charge on any atom is -0.383 e. The second-order valence-corrected chi connectivity index (χ2v) is 5.72. The summed E-state index contributed by atoms with van der Waals surface area (Å²) in [6.45, 7) is 2.72. The molecule has 1 heterocycles. The number of halogens is 1. The summed E-state index contributed by atoms with van der Waals surface area (Å²) in [6.07, 6.45) is 2.60. The summed E-state index contributed by atoms with van der Waals surface area (Å²) < 4.78 is 0.496. The number of H-pyrrole nitrogens is 1. The van der Waals surface area contributed by atoms with E-state index in [4.69, 9.17) is 0 Å². The van der Waals surface area contributed by atoms with Gasteiger partial charge >= 0.3 is 0 Å². The zero-order valence-electron chi connectivity index (χ0n) is 12.0. The Morgan fingerprint density at radius 2 is 2.10 bits per heavy atom. The van der Waals surface area contributed by atoms with Crippen LogP contribution in [-0.2, 0) is 6.54 Å². The fraction of sp³-hybridized carbons (Fsp3) is 0.333. The summed E-state index contributed by atoms with van der Waals surface area (Å²) in [5, 5.41) is 9.37. The largest absolute Gasteiger partial charge is 0.383 e. The molecule has 2 aromatic rings. The van der Waals surface area contributed by atoms with E-state index in [1.54, 1.807) is 6.20 Å². The quantitative estimate of drug-likeness (QED) is 0.753. The average Bonchev–Trinajstić information content (AvgIpc) is 2.49. The number of hydrogen-bond donors (Lipinski definition) is 2. The van der Waals surface area contributed by atoms with Crippen LogP contribution in [0.4, 0.5) is 5.69 Å². The summed E-state index contributed by atoms with van der Waals surface area (Å²) in [4.78, 5) is 13.7. The Morgan fingerprint density at radius 1 is 1.33 bits per heavy atom. The lowest BCUT2D eigenvalue weighted by molar-refractivity contribution is 0.325. The fourth-order valence-corrected chi connectivity index (χ4v) is 2.38. The van der Waals surface area contributed by atoms with E-state index in [2.05, 4.69) is 67.7 Å². The maximum atomic E-state index is 11.4. The van der Waals surface area contributed by atoms with Crippen LogP contribution in [-0.4, -0.2) is 35.2 Å². The van der Waals surface area contributed by atoms with Crippen molar-refractivity contribution in [2.75, 3.05) is 25.5 Å². The Bertz CT molecular complexity index is 615. The van der Waals surface area contributed by atoms with Crippen molar-refractivity contribution < 1.29 is 0 Å². The molecule has 0 saturated heterocycles. The van der Waals surface area contributed by atoms with Gasteiger partial charge in [-0.2, -0.15) is 5.10 Å². The molecule has 1 aromatic carbocycles. The molecule has 2 rings (SSSR count). The lowest BCUT2D eigenvalue weighted by atomic mass is 10.2. The monoisotopic (exact) mass is 350 g/mol. The van der Waals surface area contributed by atoms with Crippen molar-refractivity contribution >= 4 is 21.6 Å². The van der Waals surface area contributed by atoms with Crippen LogP contribution < -0.4 is 10.9 Å². The van der Waals surface area contributed by atoms with Gasteiger partial charge < -0.3 is 10.2 Å². The third-order valence-corrected chi connectivity index (χ3v) is 3.91. The zero-order valence-corrected chi connectivity index (χ0v) is 13.6. The van der Waals surface area contributed by atoms with Gasteiger partial charge in [-0.15, -0.1) is 0 Å². The van der Waals surface area contributed by atoms with E-state index in [9.17, 15) is 4.79 Å². The van der Waals surface area contributed by atoms with Gasteiger partial charge in [-0.05, 0) is 41.5 Å². The van der Waals surface area contributed by atoms with Crippen LogP contribution in [0.5, 0.6) is 0 Å². The summed E-state index contributed by atoms with van der Waals surface area (Å²) in [5.41, 5.74) is 1.82. The highest BCUT2D eigenvalue weighted by atomic mass is 79.9. The Morgan fingerprint density at radius 3 is 2.86 bits per heavy atom. The molecular formula is C15H19BrN4O. The smallest absolute Gasteiger partial charge is 0.280 e. The first-order chi connectivity index (χ1) is 10.2. The first kappa shape index (κ1) is 15.7. The van der Waals surface area contributed by atoms with E-state index in [0.29, 0.717) is 4.47 Å². The molecule has 0 fully saturated rings. The van der Waals surface area contributed by atoms with Crippen LogP contribution in [0.15, 0.2) is 45.8 Å². The molecule has 5 nitrogen and oxygen atoms in total. The molecule has 0 radical (unpaired) electrons. The van der Waals surface area contributed by atoms with Crippen molar-refractivity contribution in [3.63, 3.8) is 0 Å². The van der Waals surface area contributed by atoms with Crippen LogP contribution in [0.3, 0.4) is 0 Å². The van der Waals surface area contributed by atoms with E-state index >= 15 is 0 Å². The first-order valence-corrected chi connectivity index (χ1v) is 7.65. The number of rotatable bonds is 7. The van der Waals surface area contributed by atoms with Gasteiger partial charge in [0.1, 0.15) is 4.47 Å². The van der Waals surface area contributed by atoms with Crippen molar-refractivity contribution in [1.29, 1.82) is 0 Å². The summed E-state index contributed by atoms with van der Waals surface area (Å²) in [7, 11) is 2.11. The molecule has 0 aliphatic rings. The van der Waals surface area contributed by atoms with Crippen molar-refractivity contribution in [3.8, 4) is 0 Å². The molecule has 0 aliphatic heterocycles. The average molecular weight is 351 g/mol. The predicted octanol–water partition coefficient (Wildman–Crippen LogP) is 2.47. The SMILES string of the molecule is CN(CCCNc1cn[nH]c(=O)c1Br)Cc1ccccc1. The molecule has 0 spiro atoms. The zero-order chi connectivity index (χ0) is 15.1. The van der Waals surface area contributed by atoms with E-state index in [-0.39, 0.29) is 5.56 Å². The maximum absolute atomic E-state index is 11.4. The van der Waals surface area contributed by atoms with Gasteiger partial charge in [-0.3, -0.25) is 4.79 Å². The van der Waals surface area contributed by atoms with Gasteiger partial charge in [0.2, 0.25) is 0 Å². The molecule has 0 atom stereocenters. The molecule has 0 amide bonds. The van der Waals surface area contributed by atoms with Gasteiger partial charge in [-0.25, -0.2) is 5.10 Å². The Labute approximate surface area is 132 Å². The van der Waals surface area contributed by atoms with E-state index in [0.717, 1.165) is 31.7 Å². The van der Waals surface area contributed by atoms with Crippen molar-refractivity contribution in [2.45, 2.75) is 13.0 Å². The molecule has 0 saturated carbocycles. The number of nitrogens with one attached hydrogen (secondary N) is 2. The number of nitrogens with zero attached hydrogens (tertiary/aromatic N) is 2. The summed E-state index contributed by atoms with van der Waals surface area (Å²) in [5.74, 6) is 0. The molecule has 0 aliphatic carbocycles. The number of aromatic nitrogens is 2. The van der Waals surface area contributed by atoms with Gasteiger partial charge in [0.05, 0.1) is 11.9 Å². The van der Waals surface area contributed by atoms with Crippen molar-refractivity contribution in [1.82, 2.24) is 15.1 Å². The highest BCUT2D eigenvalue weighted by Gasteiger charge is 2.04. The Hall–Kier alpha value is -1.66. The standard InChI is InChI=1S/C15H19BrN4O/c1-20(11-12-6-3-2-4-7-12)9-5-8-17-13-10-18-19-15(21)14(13)16/h2-4,6-7,10H,5,8-9,11H2,1H3,(H2,17,19,21). The minimum atomic E-state index is -0.221. The Balaban J connectivity index is 1.72. The lowest BCUT2D eigenvalue weighted by Gasteiger charge is -2.17. The number of aromatic amines is 1. The second-order valence-electron chi connectivity index (χ2n) is 4.93. The molecule has 112 valence electrons. The van der Waals surface area contributed by atoms with E-state index < -0.39 is 0 Å². The molecule has 1 aromatic heterocycles. The van der Waals surface area contributed by atoms with Gasteiger partial charge in [0.25, 0.3) is 5.56 Å². The molecule has 6 heteroatoms. The third-order valence-electron chi connectivity index (χ3n) is 3.12. The van der Waals surface area contributed by atoms with Crippen molar-refractivity contribution in [2.24, 2.45) is 0 Å². The lowest BCUT2D eigenvalue weighted by Crippen LogP contribution is -2.21. The van der Waals surface area contributed by atoms with E-state index in [1.165, 1.54) is 5.56 Å². The first-order valence-electron chi connectivity index (χ1n) is 6.86. The molecule has 0 unspecified atom stereocenters. The molecule has 2 N–H and O–H groups in total. The minimum absolute atomic E-state index is 0.221. The highest BCUT2D eigenvalue weighted by Crippen LogP contribution is 2.14. The third kappa shape index (κ3) is 4.99. The number of hydrogen-bond acceptors (Lipinski definition) is 4. The normalized spacial score (nSPS) is 10.8. The van der Waals surface area contributed by atoms with Gasteiger partial charge in [-0.1, -0.05) is 30.3 Å². The molecule has 21 heavy (non-hydrogen) atoms. The maximum Gasteiger partial charge on any atom is 0.280 e. The Kier molecular flexibility index (Phi) is 5.95. The van der Waals surface area contributed by atoms with Crippen molar-refractivity contribution in [3.05, 3.63) is 56.9 Å². The molecular weight excluding hydrogens is 332 g/mol. The summed E-state index contributed by atoms with van der Waals surface area (Å²) >= 11 is 3.25. The van der Waals surface area contributed by atoms with Crippen LogP contribution in [0.25, 0.3) is 0 Å². The fourth-order valence-electron chi connectivity index (χ4n) is 2.05. The number of anilines is 1. The van der Waals surface area contributed by atoms with E-state index in [1.807, 2.05) is 6.07 Å². The van der Waals surface area contributed by atoms with Crippen LogP contribution in [0.1, 0.15) is 12.0 Å². The second kappa shape index (κ2) is 7.95.